The first-order valence-corrected chi connectivity index (χ1v) is 9.63. The van der Waals surface area contributed by atoms with Crippen molar-refractivity contribution in [2.45, 2.75) is 31.0 Å². The van der Waals surface area contributed by atoms with Crippen LogP contribution in [0.5, 0.6) is 5.75 Å². The zero-order valence-electron chi connectivity index (χ0n) is 13.9. The van der Waals surface area contributed by atoms with Gasteiger partial charge < -0.3 is 9.64 Å². The summed E-state index contributed by atoms with van der Waals surface area (Å²) in [7, 11) is 2.27. The lowest BCUT2D eigenvalue weighted by Gasteiger charge is -2.49. The fourth-order valence-corrected chi connectivity index (χ4v) is 4.94. The van der Waals surface area contributed by atoms with Crippen LogP contribution in [0.25, 0.3) is 0 Å². The average Bonchev–Trinajstić information content (AvgIpc) is 3.27. The van der Waals surface area contributed by atoms with Crippen LogP contribution in [0.3, 0.4) is 0 Å². The number of nitrogens with one attached hydrogen (secondary N) is 1. The summed E-state index contributed by atoms with van der Waals surface area (Å²) in [5.41, 5.74) is 2.23. The van der Waals surface area contributed by atoms with Crippen LogP contribution in [-0.4, -0.2) is 36.6 Å². The summed E-state index contributed by atoms with van der Waals surface area (Å²) < 4.78 is 6.60. The van der Waals surface area contributed by atoms with Gasteiger partial charge in [0.25, 0.3) is 0 Å². The smallest absolute Gasteiger partial charge is 0.208 e. The Kier molecular flexibility index (Phi) is 3.22. The van der Waals surface area contributed by atoms with Gasteiger partial charge in [0.1, 0.15) is 5.75 Å². The Hall–Kier alpha value is -1.85. The maximum absolute atomic E-state index is 6.60. The molecule has 1 spiro atoms. The van der Waals surface area contributed by atoms with Crippen LogP contribution in [0, 0.1) is 0 Å². The summed E-state index contributed by atoms with van der Waals surface area (Å²) in [6, 6.07) is 13.1. The first kappa shape index (κ1) is 14.5. The molecule has 1 saturated heterocycles. The van der Waals surface area contributed by atoms with Crippen LogP contribution in [0.1, 0.15) is 35.7 Å². The van der Waals surface area contributed by atoms with Crippen molar-refractivity contribution in [3.05, 3.63) is 52.2 Å². The molecular weight excluding hydrogens is 318 g/mol. The van der Waals surface area contributed by atoms with Crippen molar-refractivity contribution in [2.75, 3.05) is 20.1 Å². The molecule has 2 aromatic rings. The third-order valence-electron chi connectivity index (χ3n) is 5.60. The average molecular weight is 340 g/mol. The van der Waals surface area contributed by atoms with Gasteiger partial charge >= 0.3 is 0 Å². The summed E-state index contributed by atoms with van der Waals surface area (Å²) in [6.07, 6.45) is 3.04. The lowest BCUT2D eigenvalue weighted by molar-refractivity contribution is -0.888. The summed E-state index contributed by atoms with van der Waals surface area (Å²) in [4.78, 5) is 2.87. The van der Waals surface area contributed by atoms with Crippen molar-refractivity contribution in [1.82, 2.24) is 5.01 Å². The lowest BCUT2D eigenvalue weighted by Crippen LogP contribution is -3.11. The second-order valence-electron chi connectivity index (χ2n) is 7.13. The predicted octanol–water partition coefficient (Wildman–Crippen LogP) is 2.30. The van der Waals surface area contributed by atoms with Crippen LogP contribution in [0.15, 0.2) is 46.9 Å². The molecule has 124 valence electrons. The monoisotopic (exact) mass is 340 g/mol. The van der Waals surface area contributed by atoms with Gasteiger partial charge in [0, 0.05) is 12.0 Å². The van der Waals surface area contributed by atoms with Gasteiger partial charge in [-0.2, -0.15) is 5.10 Å². The largest absolute Gasteiger partial charge is 0.466 e. The minimum absolute atomic E-state index is 0.266. The number of para-hydroxylation sites is 1. The Morgan fingerprint density at radius 3 is 2.83 bits per heavy atom. The second-order valence-corrected chi connectivity index (χ2v) is 8.08. The Morgan fingerprint density at radius 2 is 2.04 bits per heavy atom. The van der Waals surface area contributed by atoms with Gasteiger partial charge in [0.05, 0.1) is 49.6 Å². The van der Waals surface area contributed by atoms with E-state index in [2.05, 4.69) is 53.8 Å². The van der Waals surface area contributed by atoms with E-state index in [1.54, 1.807) is 16.2 Å². The number of nitrogens with zero attached hydrogens (tertiary/aromatic N) is 2. The van der Waals surface area contributed by atoms with Crippen molar-refractivity contribution >= 4 is 17.0 Å². The molecule has 0 amide bonds. The molecule has 1 N–H and O–H groups in total. The molecule has 1 atom stereocenters. The molecule has 0 unspecified atom stereocenters. The van der Waals surface area contributed by atoms with E-state index >= 15 is 0 Å². The summed E-state index contributed by atoms with van der Waals surface area (Å²) in [6.45, 7) is 2.27. The van der Waals surface area contributed by atoms with Gasteiger partial charge in [-0.25, -0.2) is 5.01 Å². The highest BCUT2D eigenvalue weighted by atomic mass is 32.1. The Morgan fingerprint density at radius 1 is 1.21 bits per heavy atom. The highest BCUT2D eigenvalue weighted by Crippen LogP contribution is 2.49. The van der Waals surface area contributed by atoms with E-state index in [9.17, 15) is 0 Å². The predicted molar refractivity (Wildman–Crippen MR) is 95.7 cm³/mol. The molecule has 0 aliphatic carbocycles. The van der Waals surface area contributed by atoms with Crippen molar-refractivity contribution in [3.8, 4) is 5.75 Å². The zero-order valence-corrected chi connectivity index (χ0v) is 14.7. The SMILES string of the molecule is C[NH+]1CCC2(CC1)Oc1ccccc1[C@@H]1CC(c3cccs3)=NN12. The Labute approximate surface area is 146 Å². The molecule has 3 aliphatic rings. The van der Waals surface area contributed by atoms with Gasteiger partial charge in [-0.1, -0.05) is 24.3 Å². The number of hydrogen-bond acceptors (Lipinski definition) is 4. The molecule has 4 heterocycles. The normalized spacial score (nSPS) is 31.4. The van der Waals surface area contributed by atoms with Crippen molar-refractivity contribution in [2.24, 2.45) is 5.10 Å². The molecule has 5 rings (SSSR count). The number of likely N-dealkylation sites (tertiary alicyclic amines) is 1. The van der Waals surface area contributed by atoms with Gasteiger partial charge in [-0.05, 0) is 17.5 Å². The third kappa shape index (κ3) is 2.11. The number of hydrogen-bond donors (Lipinski definition) is 1. The lowest BCUT2D eigenvalue weighted by atomic mass is 9.91. The van der Waals surface area contributed by atoms with E-state index in [-0.39, 0.29) is 5.72 Å². The molecule has 0 radical (unpaired) electrons. The van der Waals surface area contributed by atoms with E-state index in [1.165, 1.54) is 16.2 Å². The van der Waals surface area contributed by atoms with Crippen LogP contribution in [-0.2, 0) is 0 Å². The number of fused-ring (bicyclic) bond motifs is 4. The van der Waals surface area contributed by atoms with E-state index in [0.29, 0.717) is 6.04 Å². The number of hydrazone groups is 1. The topological polar surface area (TPSA) is 29.3 Å². The van der Waals surface area contributed by atoms with E-state index in [0.717, 1.165) is 38.1 Å². The molecule has 0 saturated carbocycles. The van der Waals surface area contributed by atoms with E-state index in [1.807, 2.05) is 0 Å². The fourth-order valence-electron chi connectivity index (χ4n) is 4.22. The van der Waals surface area contributed by atoms with Gasteiger partial charge in [-0.3, -0.25) is 0 Å². The Bertz CT molecular complexity index is 778. The van der Waals surface area contributed by atoms with Gasteiger partial charge in [0.2, 0.25) is 5.72 Å². The van der Waals surface area contributed by atoms with Crippen LogP contribution < -0.4 is 9.64 Å². The first-order chi connectivity index (χ1) is 11.8. The summed E-state index contributed by atoms with van der Waals surface area (Å²) >= 11 is 1.78. The highest BCUT2D eigenvalue weighted by Gasteiger charge is 2.52. The van der Waals surface area contributed by atoms with Crippen LogP contribution >= 0.6 is 11.3 Å². The fraction of sp³-hybridized carbons (Fsp3) is 0.421. The van der Waals surface area contributed by atoms with Crippen molar-refractivity contribution < 1.29 is 9.64 Å². The number of quaternary nitrogens is 1. The molecule has 5 heteroatoms. The van der Waals surface area contributed by atoms with Crippen LogP contribution in [0.2, 0.25) is 0 Å². The molecule has 0 bridgehead atoms. The minimum atomic E-state index is -0.266. The molecule has 1 aromatic heterocycles. The summed E-state index contributed by atoms with van der Waals surface area (Å²) in [5.74, 6) is 1.06. The molecule has 1 fully saturated rings. The quantitative estimate of drug-likeness (QED) is 0.863. The van der Waals surface area contributed by atoms with E-state index < -0.39 is 0 Å². The maximum atomic E-state index is 6.60. The minimum Gasteiger partial charge on any atom is -0.466 e. The maximum Gasteiger partial charge on any atom is 0.208 e. The number of ether oxygens (including phenoxy) is 1. The Balaban J connectivity index is 1.59. The first-order valence-electron chi connectivity index (χ1n) is 8.75. The molecule has 1 aromatic carbocycles. The summed E-state index contributed by atoms with van der Waals surface area (Å²) in [5, 5.41) is 9.52. The second kappa shape index (κ2) is 5.33. The van der Waals surface area contributed by atoms with Gasteiger partial charge in [0.15, 0.2) is 0 Å². The van der Waals surface area contributed by atoms with Crippen LogP contribution in [0.4, 0.5) is 0 Å². The number of piperidine rings is 1. The number of thiophene rings is 1. The van der Waals surface area contributed by atoms with Gasteiger partial charge in [-0.15, -0.1) is 11.3 Å². The third-order valence-corrected chi connectivity index (χ3v) is 6.52. The van der Waals surface area contributed by atoms with Crippen molar-refractivity contribution in [1.29, 1.82) is 0 Å². The van der Waals surface area contributed by atoms with E-state index in [4.69, 9.17) is 9.84 Å². The molecular formula is C19H22N3OS+. The number of rotatable bonds is 1. The molecule has 3 aliphatic heterocycles. The standard InChI is InChI=1S/C19H21N3OS/c1-21-10-8-19(9-11-21)22-16(14-5-2-3-6-17(14)23-19)13-15(20-22)18-7-4-12-24-18/h2-7,12,16H,8-11,13H2,1H3/p+1/t16-/m0/s1. The molecule has 4 nitrogen and oxygen atoms in total. The zero-order chi connectivity index (χ0) is 16.1. The number of benzene rings is 1. The highest BCUT2D eigenvalue weighted by molar-refractivity contribution is 7.12. The van der Waals surface area contributed by atoms with Crippen molar-refractivity contribution in [3.63, 3.8) is 0 Å². The molecule has 24 heavy (non-hydrogen) atoms.